The van der Waals surface area contributed by atoms with Gasteiger partial charge in [-0.1, -0.05) is 171 Å². The Kier molecular flexibility index (Phi) is 7.38. The zero-order chi connectivity index (χ0) is 36.5. The second-order valence-electron chi connectivity index (χ2n) is 15.2. The standard InChI is InChI=1S/C53H38N2/c1-33-30-38(51-50(34-14-3-2-4-15-34)54-52-47-24-11-9-21-43(47)44-22-10-12-25-48(44)53(52)55-51)27-28-39(33)37-17-13-16-35(31-37)36-26-29-46-42-20-6-5-18-40(42)41-19-7-8-23-45(41)49(46)32-36/h2-12,14-15,17-29,31-33H,13,16,30H2,1H3. The minimum absolute atomic E-state index is 0.322. The van der Waals surface area contributed by atoms with Gasteiger partial charge in [0, 0.05) is 16.3 Å². The summed E-state index contributed by atoms with van der Waals surface area (Å²) in [6, 6.07) is 52.6. The fourth-order valence-corrected chi connectivity index (χ4v) is 9.34. The van der Waals surface area contributed by atoms with E-state index in [1.165, 1.54) is 70.9 Å². The van der Waals surface area contributed by atoms with Crippen molar-refractivity contribution in [2.75, 3.05) is 0 Å². The average molecular weight is 703 g/mol. The first kappa shape index (κ1) is 31.8. The molecule has 55 heavy (non-hydrogen) atoms. The lowest BCUT2D eigenvalue weighted by Gasteiger charge is -2.26. The van der Waals surface area contributed by atoms with Crippen molar-refractivity contribution in [3.63, 3.8) is 0 Å². The van der Waals surface area contributed by atoms with Gasteiger partial charge in [-0.15, -0.1) is 0 Å². The average Bonchev–Trinajstić information content (AvgIpc) is 3.26. The van der Waals surface area contributed by atoms with E-state index >= 15 is 0 Å². The summed E-state index contributed by atoms with van der Waals surface area (Å²) in [7, 11) is 0. The summed E-state index contributed by atoms with van der Waals surface area (Å²) in [5, 5.41) is 12.6. The van der Waals surface area contributed by atoms with Gasteiger partial charge in [-0.3, -0.25) is 0 Å². The van der Waals surface area contributed by atoms with Crippen molar-refractivity contribution < 1.29 is 0 Å². The van der Waals surface area contributed by atoms with Crippen LogP contribution < -0.4 is 0 Å². The molecule has 0 saturated heterocycles. The van der Waals surface area contributed by atoms with Crippen molar-refractivity contribution in [2.24, 2.45) is 5.92 Å². The lowest BCUT2D eigenvalue weighted by Crippen LogP contribution is -2.10. The van der Waals surface area contributed by atoms with Crippen LogP contribution in [0.4, 0.5) is 0 Å². The largest absolute Gasteiger partial charge is 0.244 e. The predicted octanol–water partition coefficient (Wildman–Crippen LogP) is 14.2. The molecule has 0 fully saturated rings. The highest BCUT2D eigenvalue weighted by Crippen LogP contribution is 2.43. The van der Waals surface area contributed by atoms with Crippen LogP contribution in [-0.4, -0.2) is 9.97 Å². The highest BCUT2D eigenvalue weighted by molar-refractivity contribution is 6.26. The second-order valence-corrected chi connectivity index (χ2v) is 15.2. The molecular weight excluding hydrogens is 665 g/mol. The maximum atomic E-state index is 5.56. The summed E-state index contributed by atoms with van der Waals surface area (Å²) in [4.78, 5) is 11.0. The van der Waals surface area contributed by atoms with E-state index in [9.17, 15) is 0 Å². The van der Waals surface area contributed by atoms with E-state index in [0.717, 1.165) is 58.0 Å². The number of hydrogen-bond acceptors (Lipinski definition) is 2. The van der Waals surface area contributed by atoms with E-state index in [4.69, 9.17) is 9.97 Å². The molecule has 8 aromatic carbocycles. The van der Waals surface area contributed by atoms with Gasteiger partial charge in [-0.25, -0.2) is 9.97 Å². The van der Waals surface area contributed by atoms with Crippen molar-refractivity contribution >= 4 is 76.0 Å². The quantitative estimate of drug-likeness (QED) is 0.171. The summed E-state index contributed by atoms with van der Waals surface area (Å²) >= 11 is 0. The first-order valence-electron chi connectivity index (χ1n) is 19.5. The topological polar surface area (TPSA) is 25.8 Å². The number of fused-ring (bicyclic) bond motifs is 12. The van der Waals surface area contributed by atoms with Crippen LogP contribution in [0.5, 0.6) is 0 Å². The Hall–Kier alpha value is -6.64. The number of benzene rings is 8. The van der Waals surface area contributed by atoms with Gasteiger partial charge < -0.3 is 0 Å². The van der Waals surface area contributed by atoms with E-state index in [-0.39, 0.29) is 0 Å². The molecule has 1 atom stereocenters. The van der Waals surface area contributed by atoms with Crippen LogP contribution in [0, 0.1) is 5.92 Å². The van der Waals surface area contributed by atoms with Gasteiger partial charge in [0.25, 0.3) is 0 Å². The summed E-state index contributed by atoms with van der Waals surface area (Å²) in [6.45, 7) is 2.37. The van der Waals surface area contributed by atoms with Gasteiger partial charge >= 0.3 is 0 Å². The van der Waals surface area contributed by atoms with Crippen LogP contribution in [0.2, 0.25) is 0 Å². The number of aromatic nitrogens is 2. The summed E-state index contributed by atoms with van der Waals surface area (Å²) in [5.41, 5.74) is 11.6. The molecule has 2 aliphatic rings. The summed E-state index contributed by atoms with van der Waals surface area (Å²) in [5.74, 6) is 0.322. The number of hydrogen-bond donors (Lipinski definition) is 0. The molecule has 2 nitrogen and oxygen atoms in total. The normalized spacial score (nSPS) is 16.1. The van der Waals surface area contributed by atoms with Gasteiger partial charge in [0.1, 0.15) is 0 Å². The van der Waals surface area contributed by atoms with Crippen molar-refractivity contribution in [2.45, 2.75) is 26.2 Å². The van der Waals surface area contributed by atoms with Gasteiger partial charge in [0.05, 0.1) is 22.4 Å². The maximum Gasteiger partial charge on any atom is 0.0979 e. The van der Waals surface area contributed by atoms with Crippen LogP contribution in [0.25, 0.3) is 87.3 Å². The molecule has 9 aromatic rings. The first-order valence-corrected chi connectivity index (χ1v) is 19.5. The van der Waals surface area contributed by atoms with E-state index < -0.39 is 0 Å². The van der Waals surface area contributed by atoms with Crippen molar-refractivity contribution in [3.05, 3.63) is 192 Å². The third-order valence-corrected chi connectivity index (χ3v) is 12.0. The lowest BCUT2D eigenvalue weighted by molar-refractivity contribution is 0.705. The molecule has 2 heteroatoms. The molecule has 260 valence electrons. The smallest absolute Gasteiger partial charge is 0.0979 e. The molecule has 0 aliphatic heterocycles. The van der Waals surface area contributed by atoms with Crippen LogP contribution in [0.1, 0.15) is 37.4 Å². The van der Waals surface area contributed by atoms with Crippen LogP contribution >= 0.6 is 0 Å². The minimum atomic E-state index is 0.322. The molecule has 0 radical (unpaired) electrons. The lowest BCUT2D eigenvalue weighted by atomic mass is 9.80. The van der Waals surface area contributed by atoms with Crippen molar-refractivity contribution in [1.29, 1.82) is 0 Å². The molecule has 2 aliphatic carbocycles. The van der Waals surface area contributed by atoms with Crippen molar-refractivity contribution in [1.82, 2.24) is 9.97 Å². The molecule has 11 rings (SSSR count). The molecule has 1 aromatic heterocycles. The fraction of sp³-hybridized carbons (Fsp3) is 0.0943. The van der Waals surface area contributed by atoms with Gasteiger partial charge in [-0.2, -0.15) is 0 Å². The van der Waals surface area contributed by atoms with Gasteiger partial charge in [-0.05, 0) is 102 Å². The SMILES string of the molecule is CC1CC(c2nc3c4ccccc4c4ccccc4c3nc2-c2ccccc2)=CC=C1C1=CCCC(c2ccc3c4ccccc4c4ccccc4c3c2)=C1. The second kappa shape index (κ2) is 12.7. The minimum Gasteiger partial charge on any atom is -0.244 e. The zero-order valence-electron chi connectivity index (χ0n) is 30.8. The zero-order valence-corrected chi connectivity index (χ0v) is 30.8. The molecule has 0 amide bonds. The third kappa shape index (κ3) is 5.16. The molecule has 0 spiro atoms. The van der Waals surface area contributed by atoms with Gasteiger partial charge in [0.15, 0.2) is 0 Å². The molecule has 0 saturated carbocycles. The highest BCUT2D eigenvalue weighted by atomic mass is 14.8. The van der Waals surface area contributed by atoms with Crippen LogP contribution in [0.15, 0.2) is 181 Å². The molecule has 1 unspecified atom stereocenters. The Bertz CT molecular complexity index is 3140. The van der Waals surface area contributed by atoms with Crippen LogP contribution in [0.3, 0.4) is 0 Å². The first-order chi connectivity index (χ1) is 27.2. The van der Waals surface area contributed by atoms with Crippen molar-refractivity contribution in [3.8, 4) is 11.3 Å². The Labute approximate surface area is 320 Å². The van der Waals surface area contributed by atoms with Gasteiger partial charge in [0.2, 0.25) is 0 Å². The Morgan fingerprint density at radius 3 is 1.56 bits per heavy atom. The van der Waals surface area contributed by atoms with E-state index in [2.05, 4.69) is 177 Å². The monoisotopic (exact) mass is 702 g/mol. The number of rotatable bonds is 4. The summed E-state index contributed by atoms with van der Waals surface area (Å²) < 4.78 is 0. The molecule has 1 heterocycles. The van der Waals surface area contributed by atoms with E-state index in [0.29, 0.717) is 5.92 Å². The molecule has 0 bridgehead atoms. The number of allylic oxidation sites excluding steroid dienone is 8. The maximum absolute atomic E-state index is 5.56. The molecule has 0 N–H and O–H groups in total. The van der Waals surface area contributed by atoms with E-state index in [1.807, 2.05) is 0 Å². The Morgan fingerprint density at radius 2 is 0.964 bits per heavy atom. The Morgan fingerprint density at radius 1 is 0.455 bits per heavy atom. The third-order valence-electron chi connectivity index (χ3n) is 12.0. The van der Waals surface area contributed by atoms with Crippen LogP contribution in [-0.2, 0) is 0 Å². The summed E-state index contributed by atoms with van der Waals surface area (Å²) in [6.07, 6.45) is 12.5. The predicted molar refractivity (Wildman–Crippen MR) is 234 cm³/mol. The fourth-order valence-electron chi connectivity index (χ4n) is 9.34. The Balaban J connectivity index is 1.03. The highest BCUT2D eigenvalue weighted by Gasteiger charge is 2.25. The number of nitrogens with zero attached hydrogens (tertiary/aromatic N) is 2. The molecular formula is C53H38N2. The van der Waals surface area contributed by atoms with E-state index in [1.54, 1.807) is 0 Å².